The van der Waals surface area contributed by atoms with Gasteiger partial charge in [0.25, 0.3) is 5.22 Å². The fourth-order valence-electron chi connectivity index (χ4n) is 3.03. The number of nitrogens with zero attached hydrogens (tertiary/aromatic N) is 5. The van der Waals surface area contributed by atoms with Gasteiger partial charge < -0.3 is 18.6 Å². The topological polar surface area (TPSA) is 86.3 Å². The van der Waals surface area contributed by atoms with Crippen LogP contribution in [0.1, 0.15) is 30.5 Å². The van der Waals surface area contributed by atoms with Crippen LogP contribution < -0.4 is 0 Å². The van der Waals surface area contributed by atoms with Gasteiger partial charge in [0.05, 0.1) is 12.4 Å². The van der Waals surface area contributed by atoms with Gasteiger partial charge in [-0.2, -0.15) is 0 Å². The summed E-state index contributed by atoms with van der Waals surface area (Å²) in [4.78, 5) is 18.9. The number of carbonyl (C=O) groups is 1. The summed E-state index contributed by atoms with van der Waals surface area (Å²) in [6.07, 6.45) is 5.82. The third-order valence-electron chi connectivity index (χ3n) is 4.25. The molecular formula is C16H23N5O3S. The van der Waals surface area contributed by atoms with E-state index in [-0.39, 0.29) is 11.8 Å². The maximum atomic E-state index is 12.5. The number of carbonyl (C=O) groups excluding carboxylic acids is 1. The van der Waals surface area contributed by atoms with Crippen LogP contribution in [0.25, 0.3) is 0 Å². The number of methoxy groups -OCH3 is 1. The highest BCUT2D eigenvalue weighted by Gasteiger charge is 2.27. The second-order valence-corrected chi connectivity index (χ2v) is 6.95. The molecule has 0 aromatic carbocycles. The Morgan fingerprint density at radius 1 is 1.48 bits per heavy atom. The number of hydrogen-bond donors (Lipinski definition) is 0. The van der Waals surface area contributed by atoms with E-state index in [9.17, 15) is 4.79 Å². The molecule has 2 aromatic heterocycles. The van der Waals surface area contributed by atoms with Crippen molar-refractivity contribution in [3.8, 4) is 0 Å². The molecule has 0 saturated carbocycles. The molecular weight excluding hydrogens is 342 g/mol. The number of ether oxygens (including phenoxy) is 1. The SMILES string of the molecule is COCCn1ccnc1[C@H]1CCCN(C(=O)CSc2nnc(C)o2)C1. The minimum absolute atomic E-state index is 0.0977. The second kappa shape index (κ2) is 8.48. The Hall–Kier alpha value is -1.87. The van der Waals surface area contributed by atoms with E-state index in [4.69, 9.17) is 9.15 Å². The van der Waals surface area contributed by atoms with E-state index in [0.717, 1.165) is 31.8 Å². The number of likely N-dealkylation sites (tertiary alicyclic amines) is 1. The van der Waals surface area contributed by atoms with Crippen LogP contribution in [-0.4, -0.2) is 63.1 Å². The molecule has 0 radical (unpaired) electrons. The minimum Gasteiger partial charge on any atom is -0.416 e. The van der Waals surface area contributed by atoms with Crippen LogP contribution >= 0.6 is 11.8 Å². The monoisotopic (exact) mass is 365 g/mol. The molecule has 0 aliphatic carbocycles. The largest absolute Gasteiger partial charge is 0.416 e. The number of rotatable bonds is 7. The summed E-state index contributed by atoms with van der Waals surface area (Å²) in [6, 6.07) is 0. The molecule has 25 heavy (non-hydrogen) atoms. The lowest BCUT2D eigenvalue weighted by molar-refractivity contribution is -0.129. The minimum atomic E-state index is 0.0977. The Labute approximate surface area is 150 Å². The quantitative estimate of drug-likeness (QED) is 0.691. The summed E-state index contributed by atoms with van der Waals surface area (Å²) in [5.74, 6) is 2.22. The van der Waals surface area contributed by atoms with Crippen LogP contribution in [0.5, 0.6) is 0 Å². The number of hydrogen-bond acceptors (Lipinski definition) is 7. The summed E-state index contributed by atoms with van der Waals surface area (Å²) in [5.41, 5.74) is 0. The summed E-state index contributed by atoms with van der Waals surface area (Å²) in [5, 5.41) is 8.12. The Balaban J connectivity index is 1.57. The molecule has 1 atom stereocenters. The fourth-order valence-corrected chi connectivity index (χ4v) is 3.73. The molecule has 0 N–H and O–H groups in total. The number of aromatic nitrogens is 4. The molecule has 1 saturated heterocycles. The van der Waals surface area contributed by atoms with Crippen LogP contribution in [-0.2, 0) is 16.1 Å². The average molecular weight is 365 g/mol. The number of aryl methyl sites for hydroxylation is 1. The standard InChI is InChI=1S/C16H23N5O3S/c1-12-18-19-16(24-12)25-11-14(22)21-6-3-4-13(10-21)15-17-5-7-20(15)8-9-23-2/h5,7,13H,3-4,6,8-11H2,1-2H3/t13-/m0/s1. The van der Waals surface area contributed by atoms with E-state index >= 15 is 0 Å². The zero-order valence-corrected chi connectivity index (χ0v) is 15.4. The highest BCUT2D eigenvalue weighted by Crippen LogP contribution is 2.27. The van der Waals surface area contributed by atoms with Gasteiger partial charge in [-0.3, -0.25) is 4.79 Å². The Morgan fingerprint density at radius 3 is 3.12 bits per heavy atom. The maximum absolute atomic E-state index is 12.5. The van der Waals surface area contributed by atoms with Crippen molar-refractivity contribution in [3.63, 3.8) is 0 Å². The number of piperidine rings is 1. The first-order valence-corrected chi connectivity index (χ1v) is 9.36. The molecule has 0 spiro atoms. The van der Waals surface area contributed by atoms with Gasteiger partial charge in [-0.25, -0.2) is 4.98 Å². The zero-order valence-electron chi connectivity index (χ0n) is 14.6. The van der Waals surface area contributed by atoms with Crippen molar-refractivity contribution in [1.82, 2.24) is 24.6 Å². The van der Waals surface area contributed by atoms with Crippen molar-refractivity contribution in [2.75, 3.05) is 32.6 Å². The lowest BCUT2D eigenvalue weighted by atomic mass is 9.97. The van der Waals surface area contributed by atoms with Crippen molar-refractivity contribution < 1.29 is 13.9 Å². The van der Waals surface area contributed by atoms with Crippen molar-refractivity contribution >= 4 is 17.7 Å². The van der Waals surface area contributed by atoms with E-state index in [0.29, 0.717) is 30.0 Å². The van der Waals surface area contributed by atoms with Gasteiger partial charge in [0, 0.05) is 52.0 Å². The lowest BCUT2D eigenvalue weighted by Gasteiger charge is -2.32. The number of thioether (sulfide) groups is 1. The second-order valence-electron chi connectivity index (χ2n) is 6.03. The summed E-state index contributed by atoms with van der Waals surface area (Å²) >= 11 is 1.29. The molecule has 0 bridgehead atoms. The van der Waals surface area contributed by atoms with Gasteiger partial charge in [0.1, 0.15) is 5.82 Å². The summed E-state index contributed by atoms with van der Waals surface area (Å²) in [7, 11) is 1.69. The highest BCUT2D eigenvalue weighted by molar-refractivity contribution is 7.99. The van der Waals surface area contributed by atoms with E-state index < -0.39 is 0 Å². The smallest absolute Gasteiger partial charge is 0.277 e. The zero-order chi connectivity index (χ0) is 17.6. The van der Waals surface area contributed by atoms with Gasteiger partial charge >= 0.3 is 0 Å². The van der Waals surface area contributed by atoms with Crippen LogP contribution in [0.2, 0.25) is 0 Å². The predicted octanol–water partition coefficient (Wildman–Crippen LogP) is 1.72. The van der Waals surface area contributed by atoms with Crippen LogP contribution in [0.15, 0.2) is 22.0 Å². The predicted molar refractivity (Wildman–Crippen MR) is 92.4 cm³/mol. The molecule has 0 unspecified atom stereocenters. The maximum Gasteiger partial charge on any atom is 0.277 e. The normalized spacial score (nSPS) is 17.8. The van der Waals surface area contributed by atoms with Gasteiger partial charge in [-0.15, -0.1) is 10.2 Å². The van der Waals surface area contributed by atoms with Crippen molar-refractivity contribution in [1.29, 1.82) is 0 Å². The third kappa shape index (κ3) is 4.60. The van der Waals surface area contributed by atoms with Crippen LogP contribution in [0, 0.1) is 6.92 Å². The summed E-state index contributed by atoms with van der Waals surface area (Å²) < 4.78 is 12.6. The van der Waals surface area contributed by atoms with Crippen molar-refractivity contribution in [2.45, 2.75) is 37.5 Å². The molecule has 1 amide bonds. The molecule has 1 aliphatic rings. The van der Waals surface area contributed by atoms with Gasteiger partial charge in [-0.1, -0.05) is 11.8 Å². The first-order valence-electron chi connectivity index (χ1n) is 8.38. The van der Waals surface area contributed by atoms with Gasteiger partial charge in [-0.05, 0) is 12.8 Å². The highest BCUT2D eigenvalue weighted by atomic mass is 32.2. The van der Waals surface area contributed by atoms with Gasteiger partial charge in [0.2, 0.25) is 11.8 Å². The van der Waals surface area contributed by atoms with E-state index in [1.807, 2.05) is 17.3 Å². The van der Waals surface area contributed by atoms with E-state index in [1.54, 1.807) is 14.0 Å². The summed E-state index contributed by atoms with van der Waals surface area (Å²) in [6.45, 7) is 4.66. The molecule has 3 rings (SSSR count). The first kappa shape index (κ1) is 17.9. The fraction of sp³-hybridized carbons (Fsp3) is 0.625. The molecule has 9 heteroatoms. The van der Waals surface area contributed by atoms with Crippen LogP contribution in [0.3, 0.4) is 0 Å². The molecule has 136 valence electrons. The van der Waals surface area contributed by atoms with Crippen molar-refractivity contribution in [2.24, 2.45) is 0 Å². The molecule has 2 aromatic rings. The Bertz CT molecular complexity index is 702. The first-order chi connectivity index (χ1) is 12.2. The molecule has 1 aliphatic heterocycles. The number of imidazole rings is 1. The van der Waals surface area contributed by atoms with E-state index in [1.165, 1.54) is 11.8 Å². The molecule has 1 fully saturated rings. The Morgan fingerprint density at radius 2 is 2.36 bits per heavy atom. The van der Waals surface area contributed by atoms with Crippen molar-refractivity contribution in [3.05, 3.63) is 24.1 Å². The van der Waals surface area contributed by atoms with Crippen LogP contribution in [0.4, 0.5) is 0 Å². The van der Waals surface area contributed by atoms with Gasteiger partial charge in [0.15, 0.2) is 0 Å². The molecule has 8 nitrogen and oxygen atoms in total. The lowest BCUT2D eigenvalue weighted by Crippen LogP contribution is -2.40. The van der Waals surface area contributed by atoms with E-state index in [2.05, 4.69) is 19.7 Å². The molecule has 3 heterocycles. The third-order valence-corrected chi connectivity index (χ3v) is 5.05. The Kier molecular flexibility index (Phi) is 6.09. The number of amides is 1. The average Bonchev–Trinajstić information content (AvgIpc) is 3.26.